The van der Waals surface area contributed by atoms with Gasteiger partial charge in [-0.3, -0.25) is 9.78 Å². The number of halogens is 4. The Morgan fingerprint density at radius 3 is 2.30 bits per heavy atom. The summed E-state index contributed by atoms with van der Waals surface area (Å²) in [6.45, 7) is 6.34. The smallest absolute Gasteiger partial charge is 0.490 e. The molecule has 0 saturated carbocycles. The number of carboxylic acid groups (broad SMARTS) is 2. The topological polar surface area (TPSA) is 135 Å². The molecular formula is C24H28ClF3N2O7. The monoisotopic (exact) mass is 548 g/mol. The van der Waals surface area contributed by atoms with E-state index in [1.165, 1.54) is 0 Å². The fourth-order valence-corrected chi connectivity index (χ4v) is 3.00. The zero-order chi connectivity index (χ0) is 28.2. The Bertz CT molecular complexity index is 1060. The summed E-state index contributed by atoms with van der Waals surface area (Å²) < 4.78 is 42.7. The van der Waals surface area contributed by atoms with Gasteiger partial charge in [-0.15, -0.1) is 0 Å². The van der Waals surface area contributed by atoms with E-state index in [2.05, 4.69) is 10.3 Å². The predicted octanol–water partition coefficient (Wildman–Crippen LogP) is 4.51. The van der Waals surface area contributed by atoms with Gasteiger partial charge in [-0.1, -0.05) is 18.5 Å². The van der Waals surface area contributed by atoms with E-state index in [0.717, 1.165) is 12.0 Å². The van der Waals surface area contributed by atoms with Crippen LogP contribution in [0.15, 0.2) is 36.5 Å². The second-order valence-corrected chi connectivity index (χ2v) is 8.25. The number of hydrogen-bond acceptors (Lipinski definition) is 6. The minimum absolute atomic E-state index is 0.180. The molecule has 37 heavy (non-hydrogen) atoms. The van der Waals surface area contributed by atoms with Gasteiger partial charge < -0.3 is 25.0 Å². The van der Waals surface area contributed by atoms with Gasteiger partial charge in [0.1, 0.15) is 5.75 Å². The molecule has 0 aliphatic rings. The van der Waals surface area contributed by atoms with Gasteiger partial charge in [-0.05, 0) is 56.2 Å². The fourth-order valence-electron chi connectivity index (χ4n) is 2.74. The number of alkyl halides is 3. The number of aromatic nitrogens is 1. The van der Waals surface area contributed by atoms with Crippen LogP contribution in [0.1, 0.15) is 48.8 Å². The molecule has 0 saturated heterocycles. The van der Waals surface area contributed by atoms with Gasteiger partial charge in [0.15, 0.2) is 6.10 Å². The van der Waals surface area contributed by atoms with E-state index < -0.39 is 24.2 Å². The number of hydrogen-bond donors (Lipinski definition) is 3. The molecule has 1 aromatic carbocycles. The molecule has 1 atom stereocenters. The van der Waals surface area contributed by atoms with Crippen molar-refractivity contribution in [2.45, 2.75) is 58.5 Å². The van der Waals surface area contributed by atoms with Crippen molar-refractivity contribution in [2.75, 3.05) is 6.61 Å². The van der Waals surface area contributed by atoms with Crippen LogP contribution in [-0.4, -0.2) is 58.0 Å². The molecule has 0 aliphatic heterocycles. The van der Waals surface area contributed by atoms with Crippen molar-refractivity contribution in [3.63, 3.8) is 0 Å². The number of benzene rings is 1. The van der Waals surface area contributed by atoms with E-state index in [-0.39, 0.29) is 25.0 Å². The Morgan fingerprint density at radius 1 is 1.14 bits per heavy atom. The molecule has 0 spiro atoms. The number of pyridine rings is 1. The number of nitrogens with one attached hydrogen (secondary N) is 1. The highest BCUT2D eigenvalue weighted by Gasteiger charge is 2.38. The molecule has 1 amide bonds. The number of carbonyl (C=O) groups is 3. The summed E-state index contributed by atoms with van der Waals surface area (Å²) >= 11 is 6.21. The van der Waals surface area contributed by atoms with Crippen LogP contribution in [0.5, 0.6) is 5.75 Å². The molecule has 3 N–H and O–H groups in total. The van der Waals surface area contributed by atoms with Crippen molar-refractivity contribution >= 4 is 29.4 Å². The Morgan fingerprint density at radius 2 is 1.78 bits per heavy atom. The average molecular weight is 549 g/mol. The third-order valence-corrected chi connectivity index (χ3v) is 4.66. The fraction of sp³-hybridized carbons (Fsp3) is 0.417. The van der Waals surface area contributed by atoms with Crippen molar-refractivity contribution in [3.05, 3.63) is 58.4 Å². The second-order valence-electron chi connectivity index (χ2n) is 7.85. The highest BCUT2D eigenvalue weighted by atomic mass is 35.5. The van der Waals surface area contributed by atoms with Crippen LogP contribution in [0, 0.1) is 0 Å². The minimum atomic E-state index is -5.08. The Kier molecular flexibility index (Phi) is 12.8. The molecule has 1 unspecified atom stereocenters. The zero-order valence-corrected chi connectivity index (χ0v) is 21.1. The molecule has 0 bridgehead atoms. The summed E-state index contributed by atoms with van der Waals surface area (Å²) in [5.41, 5.74) is 1.71. The van der Waals surface area contributed by atoms with Crippen LogP contribution in [-0.2, 0) is 27.3 Å². The number of ether oxygens (including phenoxy) is 2. The third kappa shape index (κ3) is 11.9. The summed E-state index contributed by atoms with van der Waals surface area (Å²) in [7, 11) is 0. The lowest BCUT2D eigenvalue weighted by Gasteiger charge is -2.16. The largest absolute Gasteiger partial charge is 0.494 e. The first-order chi connectivity index (χ1) is 17.2. The van der Waals surface area contributed by atoms with E-state index in [9.17, 15) is 27.9 Å². The first-order valence-corrected chi connectivity index (χ1v) is 11.4. The number of carbonyl (C=O) groups excluding carboxylic acids is 1. The summed E-state index contributed by atoms with van der Waals surface area (Å²) in [6, 6.07) is 8.43. The number of rotatable bonds is 11. The third-order valence-electron chi connectivity index (χ3n) is 4.34. The first kappa shape index (κ1) is 31.6. The van der Waals surface area contributed by atoms with Crippen molar-refractivity contribution < 1.29 is 47.2 Å². The van der Waals surface area contributed by atoms with E-state index in [4.69, 9.17) is 31.0 Å². The number of nitrogens with zero attached hydrogens (tertiary/aromatic N) is 1. The standard InChI is InChI=1S/C22H27ClN2O5.C2HF3O2/c1-4-9-29-17-5-6-18(19(23)12-17)21(26)25-13-16-10-15(7-8-24-16)11-20(22(27)28)30-14(2)3;3-2(4,5)1(6)7/h5-8,10,12,14,20H,4,9,11,13H2,1-3H3,(H,25,26)(H,27,28);(H,6,7). The summed E-state index contributed by atoms with van der Waals surface area (Å²) in [6.07, 6.45) is -3.56. The highest BCUT2D eigenvalue weighted by Crippen LogP contribution is 2.23. The first-order valence-electron chi connectivity index (χ1n) is 11.1. The van der Waals surface area contributed by atoms with E-state index >= 15 is 0 Å². The van der Waals surface area contributed by atoms with Gasteiger partial charge in [0.25, 0.3) is 5.91 Å². The summed E-state index contributed by atoms with van der Waals surface area (Å²) in [5, 5.41) is 19.5. The second kappa shape index (κ2) is 15.0. The van der Waals surface area contributed by atoms with E-state index in [1.807, 2.05) is 6.92 Å². The zero-order valence-electron chi connectivity index (χ0n) is 20.3. The molecule has 1 heterocycles. The van der Waals surface area contributed by atoms with Crippen molar-refractivity contribution in [3.8, 4) is 5.75 Å². The van der Waals surface area contributed by atoms with Crippen LogP contribution in [0.25, 0.3) is 0 Å². The van der Waals surface area contributed by atoms with Crippen LogP contribution >= 0.6 is 11.6 Å². The Balaban J connectivity index is 0.000000856. The van der Waals surface area contributed by atoms with Gasteiger partial charge in [0.05, 0.1) is 35.5 Å². The lowest BCUT2D eigenvalue weighted by Crippen LogP contribution is -2.29. The van der Waals surface area contributed by atoms with Gasteiger partial charge in [-0.25, -0.2) is 9.59 Å². The van der Waals surface area contributed by atoms with Crippen LogP contribution in [0.4, 0.5) is 13.2 Å². The maximum atomic E-state index is 12.5. The molecule has 0 fully saturated rings. The molecular weight excluding hydrogens is 521 g/mol. The van der Waals surface area contributed by atoms with Crippen molar-refractivity contribution in [1.82, 2.24) is 10.3 Å². The van der Waals surface area contributed by atoms with E-state index in [1.54, 1.807) is 50.4 Å². The van der Waals surface area contributed by atoms with Gasteiger partial charge >= 0.3 is 18.1 Å². The van der Waals surface area contributed by atoms with Crippen LogP contribution in [0.3, 0.4) is 0 Å². The van der Waals surface area contributed by atoms with Gasteiger partial charge in [0.2, 0.25) is 0 Å². The molecule has 1 aromatic heterocycles. The SMILES string of the molecule is CCCOc1ccc(C(=O)NCc2cc(CC(OC(C)C)C(=O)O)ccn2)c(Cl)c1.O=C(O)C(F)(F)F. The molecule has 204 valence electrons. The molecule has 13 heteroatoms. The van der Waals surface area contributed by atoms with Gasteiger partial charge in [-0.2, -0.15) is 13.2 Å². The Labute approximate surface area is 216 Å². The molecule has 9 nitrogen and oxygen atoms in total. The highest BCUT2D eigenvalue weighted by molar-refractivity contribution is 6.34. The maximum Gasteiger partial charge on any atom is 0.490 e. The number of carboxylic acids is 2. The number of aliphatic carboxylic acids is 2. The summed E-state index contributed by atoms with van der Waals surface area (Å²) in [4.78, 5) is 37.0. The van der Waals surface area contributed by atoms with Crippen LogP contribution in [0.2, 0.25) is 5.02 Å². The van der Waals surface area contributed by atoms with Crippen LogP contribution < -0.4 is 10.1 Å². The van der Waals surface area contributed by atoms with Crippen molar-refractivity contribution in [2.24, 2.45) is 0 Å². The lowest BCUT2D eigenvalue weighted by molar-refractivity contribution is -0.192. The molecule has 0 radical (unpaired) electrons. The Hall–Kier alpha value is -3.38. The maximum absolute atomic E-state index is 12.5. The number of amides is 1. The summed E-state index contributed by atoms with van der Waals surface area (Å²) in [5.74, 6) is -3.49. The van der Waals surface area contributed by atoms with Crippen molar-refractivity contribution in [1.29, 1.82) is 0 Å². The molecule has 2 aromatic rings. The lowest BCUT2D eigenvalue weighted by atomic mass is 10.1. The normalized spacial score (nSPS) is 11.8. The van der Waals surface area contributed by atoms with Gasteiger partial charge in [0, 0.05) is 12.6 Å². The minimum Gasteiger partial charge on any atom is -0.494 e. The quantitative estimate of drug-likeness (QED) is 0.373. The van der Waals surface area contributed by atoms with E-state index in [0.29, 0.717) is 28.6 Å². The predicted molar refractivity (Wildman–Crippen MR) is 128 cm³/mol. The average Bonchev–Trinajstić information content (AvgIpc) is 2.80. The molecule has 2 rings (SSSR count). The molecule has 0 aliphatic carbocycles.